The van der Waals surface area contributed by atoms with Gasteiger partial charge in [0, 0.05) is 18.7 Å². The number of nitrogens with zero attached hydrogens (tertiary/aromatic N) is 2. The Balaban J connectivity index is 1.88. The molecule has 1 fully saturated rings. The monoisotopic (exact) mass is 259 g/mol. The van der Waals surface area contributed by atoms with Crippen molar-refractivity contribution in [2.75, 3.05) is 6.54 Å². The predicted molar refractivity (Wildman–Crippen MR) is 71.5 cm³/mol. The molecule has 100 valence electrons. The van der Waals surface area contributed by atoms with Crippen LogP contribution in [0.4, 0.5) is 0 Å². The fraction of sp³-hybridized carbons (Fsp3) is 0.429. The maximum Gasteiger partial charge on any atom is 0.352 e. The Labute approximate surface area is 111 Å². The lowest BCUT2D eigenvalue weighted by atomic mass is 10.0. The summed E-state index contributed by atoms with van der Waals surface area (Å²) in [6, 6.07) is 5.63. The Kier molecular flexibility index (Phi) is 3.21. The Morgan fingerprint density at radius 2 is 2.37 bits per heavy atom. The van der Waals surface area contributed by atoms with E-state index in [1.807, 2.05) is 12.3 Å². The van der Waals surface area contributed by atoms with Crippen LogP contribution in [0.1, 0.15) is 35.4 Å². The first-order valence-electron chi connectivity index (χ1n) is 6.68. The van der Waals surface area contributed by atoms with Gasteiger partial charge in [-0.2, -0.15) is 0 Å². The molecule has 0 amide bonds. The van der Waals surface area contributed by atoms with Crippen LogP contribution in [0, 0.1) is 0 Å². The lowest BCUT2D eigenvalue weighted by molar-refractivity contribution is 0.0689. The van der Waals surface area contributed by atoms with E-state index in [0.29, 0.717) is 11.7 Å². The van der Waals surface area contributed by atoms with E-state index in [4.69, 9.17) is 5.11 Å². The van der Waals surface area contributed by atoms with Crippen LogP contribution in [0.3, 0.4) is 0 Å². The number of imidazole rings is 1. The van der Waals surface area contributed by atoms with Crippen LogP contribution in [0.5, 0.6) is 0 Å². The quantitative estimate of drug-likeness (QED) is 0.880. The zero-order chi connectivity index (χ0) is 13.2. The third-order valence-corrected chi connectivity index (χ3v) is 3.63. The highest BCUT2D eigenvalue weighted by Crippen LogP contribution is 2.14. The second kappa shape index (κ2) is 5.01. The van der Waals surface area contributed by atoms with Gasteiger partial charge in [0.05, 0.1) is 5.69 Å². The summed E-state index contributed by atoms with van der Waals surface area (Å²) in [5.74, 6) is -0.926. The number of piperidine rings is 1. The van der Waals surface area contributed by atoms with Gasteiger partial charge in [0.2, 0.25) is 0 Å². The van der Waals surface area contributed by atoms with Crippen molar-refractivity contribution in [1.82, 2.24) is 14.7 Å². The first-order valence-corrected chi connectivity index (χ1v) is 6.68. The van der Waals surface area contributed by atoms with Crippen LogP contribution in [0.15, 0.2) is 24.4 Å². The molecule has 1 atom stereocenters. The number of carboxylic acid groups (broad SMARTS) is 1. The molecule has 1 unspecified atom stereocenters. The zero-order valence-electron chi connectivity index (χ0n) is 10.7. The van der Waals surface area contributed by atoms with E-state index in [9.17, 15) is 4.79 Å². The fourth-order valence-corrected chi connectivity index (χ4v) is 2.68. The number of carboxylic acids is 1. The van der Waals surface area contributed by atoms with Gasteiger partial charge in [-0.3, -0.25) is 4.40 Å². The van der Waals surface area contributed by atoms with Crippen molar-refractivity contribution in [3.63, 3.8) is 0 Å². The van der Waals surface area contributed by atoms with Gasteiger partial charge >= 0.3 is 5.97 Å². The number of pyridine rings is 1. The topological polar surface area (TPSA) is 66.6 Å². The van der Waals surface area contributed by atoms with Gasteiger partial charge < -0.3 is 10.4 Å². The van der Waals surface area contributed by atoms with Crippen molar-refractivity contribution >= 4 is 11.6 Å². The summed E-state index contributed by atoms with van der Waals surface area (Å²) < 4.78 is 1.65. The van der Waals surface area contributed by atoms with Gasteiger partial charge in [-0.05, 0) is 31.5 Å². The molecule has 2 aromatic rings. The molecule has 0 spiro atoms. The predicted octanol–water partition coefficient (Wildman–Crippen LogP) is 1.72. The molecular weight excluding hydrogens is 242 g/mol. The molecule has 3 heterocycles. The molecular formula is C14H17N3O2. The van der Waals surface area contributed by atoms with Gasteiger partial charge in [-0.1, -0.05) is 12.5 Å². The summed E-state index contributed by atoms with van der Waals surface area (Å²) in [6.45, 7) is 1.07. The van der Waals surface area contributed by atoms with Crippen LogP contribution in [0.2, 0.25) is 0 Å². The highest BCUT2D eigenvalue weighted by molar-refractivity contribution is 5.86. The van der Waals surface area contributed by atoms with Gasteiger partial charge in [0.25, 0.3) is 0 Å². The minimum absolute atomic E-state index is 0.257. The highest BCUT2D eigenvalue weighted by Gasteiger charge is 2.16. The van der Waals surface area contributed by atoms with Crippen molar-refractivity contribution in [1.29, 1.82) is 0 Å². The lowest BCUT2D eigenvalue weighted by Crippen LogP contribution is -2.35. The van der Waals surface area contributed by atoms with Crippen molar-refractivity contribution in [2.45, 2.75) is 31.7 Å². The Hall–Kier alpha value is -1.88. The second-order valence-corrected chi connectivity index (χ2v) is 5.03. The Bertz CT molecular complexity index is 600. The molecule has 2 aromatic heterocycles. The summed E-state index contributed by atoms with van der Waals surface area (Å²) in [5.41, 5.74) is 1.91. The van der Waals surface area contributed by atoms with E-state index in [1.165, 1.54) is 19.3 Å². The SMILES string of the molecule is O=C(O)c1cccc2nc(CC3CCCCN3)cn12. The Morgan fingerprint density at radius 3 is 3.11 bits per heavy atom. The third kappa shape index (κ3) is 2.46. The summed E-state index contributed by atoms with van der Waals surface area (Å²) in [6.07, 6.45) is 6.37. The average Bonchev–Trinajstić information content (AvgIpc) is 2.81. The molecule has 0 bridgehead atoms. The summed E-state index contributed by atoms with van der Waals surface area (Å²) in [4.78, 5) is 15.7. The van der Waals surface area contributed by atoms with E-state index in [-0.39, 0.29) is 5.69 Å². The van der Waals surface area contributed by atoms with Crippen LogP contribution in [-0.4, -0.2) is 33.0 Å². The highest BCUT2D eigenvalue weighted by atomic mass is 16.4. The van der Waals surface area contributed by atoms with Gasteiger partial charge in [0.15, 0.2) is 0 Å². The maximum absolute atomic E-state index is 11.2. The van der Waals surface area contributed by atoms with E-state index in [0.717, 1.165) is 18.7 Å². The second-order valence-electron chi connectivity index (χ2n) is 5.03. The minimum atomic E-state index is -0.926. The largest absolute Gasteiger partial charge is 0.477 e. The van der Waals surface area contributed by atoms with Gasteiger partial charge in [-0.15, -0.1) is 0 Å². The molecule has 2 N–H and O–H groups in total. The van der Waals surface area contributed by atoms with Crippen molar-refractivity contribution < 1.29 is 9.90 Å². The van der Waals surface area contributed by atoms with E-state index in [2.05, 4.69) is 10.3 Å². The smallest absolute Gasteiger partial charge is 0.352 e. The van der Waals surface area contributed by atoms with E-state index in [1.54, 1.807) is 16.5 Å². The normalized spacial score (nSPS) is 19.7. The molecule has 0 aliphatic carbocycles. The Morgan fingerprint density at radius 1 is 1.47 bits per heavy atom. The summed E-state index contributed by atoms with van der Waals surface area (Å²) >= 11 is 0. The zero-order valence-corrected chi connectivity index (χ0v) is 10.7. The van der Waals surface area contributed by atoms with E-state index < -0.39 is 5.97 Å². The number of rotatable bonds is 3. The first kappa shape index (κ1) is 12.2. The lowest BCUT2D eigenvalue weighted by Gasteiger charge is -2.22. The van der Waals surface area contributed by atoms with Gasteiger partial charge in [0.1, 0.15) is 11.3 Å². The number of carbonyl (C=O) groups is 1. The molecule has 5 heteroatoms. The number of hydrogen-bond acceptors (Lipinski definition) is 3. The minimum Gasteiger partial charge on any atom is -0.477 e. The molecule has 1 aliphatic rings. The molecule has 5 nitrogen and oxygen atoms in total. The summed E-state index contributed by atoms with van der Waals surface area (Å²) in [5, 5.41) is 12.6. The molecule has 1 aliphatic heterocycles. The third-order valence-electron chi connectivity index (χ3n) is 3.63. The van der Waals surface area contributed by atoms with Crippen LogP contribution in [0.25, 0.3) is 5.65 Å². The van der Waals surface area contributed by atoms with Crippen LogP contribution < -0.4 is 5.32 Å². The molecule has 19 heavy (non-hydrogen) atoms. The molecule has 0 aromatic carbocycles. The van der Waals surface area contributed by atoms with Crippen molar-refractivity contribution in [2.24, 2.45) is 0 Å². The number of aromatic nitrogens is 2. The molecule has 0 radical (unpaired) electrons. The molecule has 3 rings (SSSR count). The number of fused-ring (bicyclic) bond motifs is 1. The first-order chi connectivity index (χ1) is 9.24. The maximum atomic E-state index is 11.2. The number of nitrogens with one attached hydrogen (secondary N) is 1. The standard InChI is InChI=1S/C14H17N3O2/c18-14(19)12-5-3-6-13-16-11(9-17(12)13)8-10-4-1-2-7-15-10/h3,5-6,9-10,15H,1-2,4,7-8H2,(H,18,19). The van der Waals surface area contributed by atoms with Crippen LogP contribution in [-0.2, 0) is 6.42 Å². The number of hydrogen-bond donors (Lipinski definition) is 2. The van der Waals surface area contributed by atoms with Gasteiger partial charge in [-0.25, -0.2) is 9.78 Å². The molecule has 1 saturated heterocycles. The van der Waals surface area contributed by atoms with Crippen LogP contribution >= 0.6 is 0 Å². The summed E-state index contributed by atoms with van der Waals surface area (Å²) in [7, 11) is 0. The van der Waals surface area contributed by atoms with E-state index >= 15 is 0 Å². The van der Waals surface area contributed by atoms with Crippen molar-refractivity contribution in [3.05, 3.63) is 35.8 Å². The number of aromatic carboxylic acids is 1. The fourth-order valence-electron chi connectivity index (χ4n) is 2.68. The van der Waals surface area contributed by atoms with Crippen molar-refractivity contribution in [3.8, 4) is 0 Å². The molecule has 0 saturated carbocycles. The average molecular weight is 259 g/mol.